The number of aryl methyl sites for hydroxylation is 2. The Morgan fingerprint density at radius 2 is 1.81 bits per heavy atom. The molecule has 0 unspecified atom stereocenters. The van der Waals surface area contributed by atoms with Gasteiger partial charge in [-0.2, -0.15) is 0 Å². The summed E-state index contributed by atoms with van der Waals surface area (Å²) >= 11 is 5.28. The first kappa shape index (κ1) is 16.0. The van der Waals surface area contributed by atoms with Gasteiger partial charge in [-0.25, -0.2) is 0 Å². The highest BCUT2D eigenvalue weighted by Gasteiger charge is 2.35. The summed E-state index contributed by atoms with van der Waals surface area (Å²) in [6.45, 7) is 3.64. The molecule has 5 heteroatoms. The Morgan fingerprint density at radius 1 is 1.24 bits per heavy atom. The van der Waals surface area contributed by atoms with Gasteiger partial charge in [-0.3, -0.25) is 4.79 Å². The lowest BCUT2D eigenvalue weighted by atomic mass is 9.83. The fourth-order valence-electron chi connectivity index (χ4n) is 3.08. The van der Waals surface area contributed by atoms with E-state index in [1.54, 1.807) is 13.0 Å². The van der Waals surface area contributed by atoms with Gasteiger partial charge in [0.1, 0.15) is 11.5 Å². The number of hydrogen-bond donors (Lipinski definition) is 2. The second kappa shape index (κ2) is 6.60. The van der Waals surface area contributed by atoms with Crippen LogP contribution in [0.25, 0.3) is 0 Å². The van der Waals surface area contributed by atoms with E-state index in [-0.39, 0.29) is 5.91 Å². The highest BCUT2D eigenvalue weighted by molar-refractivity contribution is 7.80. The molecule has 3 N–H and O–H groups in total. The van der Waals surface area contributed by atoms with E-state index >= 15 is 0 Å². The van der Waals surface area contributed by atoms with Crippen LogP contribution in [0.15, 0.2) is 10.5 Å². The van der Waals surface area contributed by atoms with Gasteiger partial charge in [0.2, 0.25) is 0 Å². The minimum atomic E-state index is -0.551. The molecule has 0 radical (unpaired) electrons. The van der Waals surface area contributed by atoms with E-state index in [0.717, 1.165) is 31.4 Å². The van der Waals surface area contributed by atoms with E-state index in [1.165, 1.54) is 19.3 Å². The molecule has 0 bridgehead atoms. The summed E-state index contributed by atoms with van der Waals surface area (Å²) in [4.78, 5) is 13.0. The van der Waals surface area contributed by atoms with Crippen LogP contribution in [0.3, 0.4) is 0 Å². The maximum absolute atomic E-state index is 12.6. The number of nitrogens with one attached hydrogen (secondary N) is 1. The van der Waals surface area contributed by atoms with E-state index in [0.29, 0.717) is 16.3 Å². The first-order chi connectivity index (χ1) is 9.94. The SMILES string of the molecule is Cc1cc(C(=O)NC2(C(N)=S)CCCCCCC2)c(C)o1. The van der Waals surface area contributed by atoms with Crippen molar-refractivity contribution < 1.29 is 9.21 Å². The zero-order valence-electron chi connectivity index (χ0n) is 12.8. The smallest absolute Gasteiger partial charge is 0.255 e. The number of carbonyl (C=O) groups excluding carboxylic acids is 1. The molecular weight excluding hydrogens is 284 g/mol. The van der Waals surface area contributed by atoms with Crippen molar-refractivity contribution in [3.63, 3.8) is 0 Å². The number of amides is 1. The number of furan rings is 1. The summed E-state index contributed by atoms with van der Waals surface area (Å²) in [7, 11) is 0. The third-order valence-corrected chi connectivity index (χ3v) is 4.71. The van der Waals surface area contributed by atoms with Gasteiger partial charge in [0, 0.05) is 0 Å². The molecule has 0 atom stereocenters. The number of rotatable bonds is 3. The van der Waals surface area contributed by atoms with Crippen LogP contribution < -0.4 is 11.1 Å². The fourth-order valence-corrected chi connectivity index (χ4v) is 3.34. The molecule has 2 rings (SSSR count). The van der Waals surface area contributed by atoms with Crippen LogP contribution in [0.2, 0.25) is 0 Å². The number of carbonyl (C=O) groups is 1. The largest absolute Gasteiger partial charge is 0.466 e. The summed E-state index contributed by atoms with van der Waals surface area (Å²) in [5.41, 5.74) is 6.01. The average molecular weight is 308 g/mol. The maximum Gasteiger partial charge on any atom is 0.255 e. The van der Waals surface area contributed by atoms with Gasteiger partial charge in [-0.15, -0.1) is 0 Å². The van der Waals surface area contributed by atoms with E-state index in [9.17, 15) is 4.79 Å². The lowest BCUT2D eigenvalue weighted by Gasteiger charge is -2.35. The van der Waals surface area contributed by atoms with Gasteiger partial charge in [-0.05, 0) is 32.8 Å². The molecule has 0 aliphatic heterocycles. The van der Waals surface area contributed by atoms with Gasteiger partial charge in [-0.1, -0.05) is 44.3 Å². The lowest BCUT2D eigenvalue weighted by Crippen LogP contribution is -2.57. The average Bonchev–Trinajstić information content (AvgIpc) is 2.71. The molecule has 4 nitrogen and oxygen atoms in total. The van der Waals surface area contributed by atoms with Crippen molar-refractivity contribution in [2.45, 2.75) is 64.3 Å². The quantitative estimate of drug-likeness (QED) is 0.840. The summed E-state index contributed by atoms with van der Waals surface area (Å²) in [5, 5.41) is 3.10. The molecule has 1 aliphatic carbocycles. The first-order valence-corrected chi connectivity index (χ1v) is 8.05. The highest BCUT2D eigenvalue weighted by Crippen LogP contribution is 2.28. The van der Waals surface area contributed by atoms with Crippen LogP contribution in [0.4, 0.5) is 0 Å². The normalized spacial score (nSPS) is 18.6. The molecule has 116 valence electrons. The molecule has 1 amide bonds. The van der Waals surface area contributed by atoms with E-state index < -0.39 is 5.54 Å². The van der Waals surface area contributed by atoms with Crippen LogP contribution >= 0.6 is 12.2 Å². The summed E-state index contributed by atoms with van der Waals surface area (Å²) in [6.07, 6.45) is 7.32. The molecule has 21 heavy (non-hydrogen) atoms. The molecular formula is C16H24N2O2S. The van der Waals surface area contributed by atoms with Gasteiger partial charge in [0.15, 0.2) is 0 Å². The molecule has 1 fully saturated rings. The second-order valence-corrected chi connectivity index (χ2v) is 6.43. The Morgan fingerprint density at radius 3 is 2.29 bits per heavy atom. The zero-order chi connectivity index (χ0) is 15.5. The van der Waals surface area contributed by atoms with Gasteiger partial charge >= 0.3 is 0 Å². The Labute approximate surface area is 131 Å². The second-order valence-electron chi connectivity index (χ2n) is 6.00. The standard InChI is InChI=1S/C16H24N2O2S/c1-11-10-13(12(2)20-11)14(19)18-16(15(17)21)8-6-4-3-5-7-9-16/h10H,3-9H2,1-2H3,(H2,17,21)(H,18,19). The zero-order valence-corrected chi connectivity index (χ0v) is 13.6. The van der Waals surface area contributed by atoms with Crippen LogP contribution in [-0.2, 0) is 0 Å². The maximum atomic E-state index is 12.6. The predicted octanol–water partition coefficient (Wildman–Crippen LogP) is 3.40. The Bertz CT molecular complexity index is 528. The van der Waals surface area contributed by atoms with Crippen molar-refractivity contribution in [2.24, 2.45) is 5.73 Å². The van der Waals surface area contributed by atoms with E-state index in [2.05, 4.69) is 5.32 Å². The van der Waals surface area contributed by atoms with Crippen molar-refractivity contribution in [1.82, 2.24) is 5.32 Å². The van der Waals surface area contributed by atoms with E-state index in [1.807, 2.05) is 6.92 Å². The molecule has 1 aromatic rings. The molecule has 0 saturated heterocycles. The molecule has 1 aromatic heterocycles. The lowest BCUT2D eigenvalue weighted by molar-refractivity contribution is 0.0911. The molecule has 0 spiro atoms. The predicted molar refractivity (Wildman–Crippen MR) is 87.5 cm³/mol. The molecule has 1 aliphatic rings. The molecule has 1 heterocycles. The van der Waals surface area contributed by atoms with Crippen molar-refractivity contribution in [2.75, 3.05) is 0 Å². The third-order valence-electron chi connectivity index (χ3n) is 4.32. The van der Waals surface area contributed by atoms with Crippen molar-refractivity contribution >= 4 is 23.1 Å². The molecule has 0 aromatic carbocycles. The topological polar surface area (TPSA) is 68.3 Å². The Balaban J connectivity index is 2.20. The summed E-state index contributed by atoms with van der Waals surface area (Å²) in [6, 6.07) is 1.76. The number of hydrogen-bond acceptors (Lipinski definition) is 3. The summed E-state index contributed by atoms with van der Waals surface area (Å²) < 4.78 is 5.44. The molecule has 1 saturated carbocycles. The van der Waals surface area contributed by atoms with Crippen LogP contribution in [0.1, 0.15) is 66.8 Å². The minimum Gasteiger partial charge on any atom is -0.466 e. The Hall–Kier alpha value is -1.36. The van der Waals surface area contributed by atoms with Gasteiger partial charge in [0.25, 0.3) is 5.91 Å². The number of nitrogens with two attached hydrogens (primary N) is 1. The van der Waals surface area contributed by atoms with Gasteiger partial charge < -0.3 is 15.5 Å². The monoisotopic (exact) mass is 308 g/mol. The van der Waals surface area contributed by atoms with Crippen LogP contribution in [-0.4, -0.2) is 16.4 Å². The van der Waals surface area contributed by atoms with Crippen molar-refractivity contribution in [3.8, 4) is 0 Å². The van der Waals surface area contributed by atoms with Crippen molar-refractivity contribution in [1.29, 1.82) is 0 Å². The Kier molecular flexibility index (Phi) is 5.04. The minimum absolute atomic E-state index is 0.141. The number of thiocarbonyl (C=S) groups is 1. The van der Waals surface area contributed by atoms with Crippen LogP contribution in [0, 0.1) is 13.8 Å². The summed E-state index contributed by atoms with van der Waals surface area (Å²) in [5.74, 6) is 1.23. The van der Waals surface area contributed by atoms with Crippen LogP contribution in [0.5, 0.6) is 0 Å². The highest BCUT2D eigenvalue weighted by atomic mass is 32.1. The first-order valence-electron chi connectivity index (χ1n) is 7.64. The van der Waals surface area contributed by atoms with Crippen molar-refractivity contribution in [3.05, 3.63) is 23.2 Å². The van der Waals surface area contributed by atoms with E-state index in [4.69, 9.17) is 22.4 Å². The third kappa shape index (κ3) is 3.64. The van der Waals surface area contributed by atoms with Gasteiger partial charge in [0.05, 0.1) is 16.1 Å². The fraction of sp³-hybridized carbons (Fsp3) is 0.625.